The van der Waals surface area contributed by atoms with E-state index in [9.17, 15) is 0 Å². The van der Waals surface area contributed by atoms with Gasteiger partial charge in [-0.05, 0) is 18.6 Å². The predicted molar refractivity (Wildman–Crippen MR) is 47.6 cm³/mol. The Kier molecular flexibility index (Phi) is 3.70. The highest BCUT2D eigenvalue weighted by Crippen LogP contribution is 1.93. The summed E-state index contributed by atoms with van der Waals surface area (Å²) in [7, 11) is 0. The lowest BCUT2D eigenvalue weighted by atomic mass is 10.3. The lowest BCUT2D eigenvalue weighted by molar-refractivity contribution is 0.191. The molecule has 12 heavy (non-hydrogen) atoms. The third-order valence-electron chi connectivity index (χ3n) is 1.49. The van der Waals surface area contributed by atoms with Gasteiger partial charge in [-0.2, -0.15) is 0 Å². The fraction of sp³-hybridized carbons (Fsp3) is 0.444. The first kappa shape index (κ1) is 9.16. The Morgan fingerprint density at radius 2 is 2.50 bits per heavy atom. The van der Waals surface area contributed by atoms with Crippen LogP contribution in [0.15, 0.2) is 24.5 Å². The Morgan fingerprint density at radius 3 is 3.08 bits per heavy atom. The molecular formula is C9H14N2O. The summed E-state index contributed by atoms with van der Waals surface area (Å²) >= 11 is 0. The van der Waals surface area contributed by atoms with Crippen molar-refractivity contribution < 1.29 is 5.11 Å². The third kappa shape index (κ3) is 3.46. The van der Waals surface area contributed by atoms with Crippen LogP contribution in [0.25, 0.3) is 0 Å². The van der Waals surface area contributed by atoms with Crippen LogP contribution < -0.4 is 5.32 Å². The summed E-state index contributed by atoms with van der Waals surface area (Å²) in [5, 5.41) is 12.1. The first-order valence-electron chi connectivity index (χ1n) is 4.06. The van der Waals surface area contributed by atoms with Crippen LogP contribution in [0, 0.1) is 0 Å². The van der Waals surface area contributed by atoms with Crippen LogP contribution in [0.1, 0.15) is 12.5 Å². The minimum atomic E-state index is -0.290. The SMILES string of the molecule is C[C@@H](O)CNCc1cccnc1. The average Bonchev–Trinajstić information content (AvgIpc) is 2.05. The van der Waals surface area contributed by atoms with Gasteiger partial charge in [0.2, 0.25) is 0 Å². The zero-order valence-electron chi connectivity index (χ0n) is 7.20. The number of hydrogen-bond acceptors (Lipinski definition) is 3. The number of nitrogens with one attached hydrogen (secondary N) is 1. The predicted octanol–water partition coefficient (Wildman–Crippen LogP) is 0.552. The van der Waals surface area contributed by atoms with E-state index >= 15 is 0 Å². The highest BCUT2D eigenvalue weighted by atomic mass is 16.3. The summed E-state index contributed by atoms with van der Waals surface area (Å²) in [6, 6.07) is 3.90. The van der Waals surface area contributed by atoms with Crippen molar-refractivity contribution in [3.05, 3.63) is 30.1 Å². The molecule has 2 N–H and O–H groups in total. The summed E-state index contributed by atoms with van der Waals surface area (Å²) in [5.41, 5.74) is 1.14. The topological polar surface area (TPSA) is 45.1 Å². The Labute approximate surface area is 72.5 Å². The Bertz CT molecular complexity index is 211. The van der Waals surface area contributed by atoms with Crippen molar-refractivity contribution >= 4 is 0 Å². The summed E-state index contributed by atoms with van der Waals surface area (Å²) in [6.07, 6.45) is 3.27. The molecule has 0 aliphatic carbocycles. The lowest BCUT2D eigenvalue weighted by Gasteiger charge is -2.05. The largest absolute Gasteiger partial charge is 0.392 e. The first-order chi connectivity index (χ1) is 5.79. The van der Waals surface area contributed by atoms with Crippen molar-refractivity contribution in [3.63, 3.8) is 0 Å². The molecule has 1 aromatic rings. The number of rotatable bonds is 4. The monoisotopic (exact) mass is 166 g/mol. The molecule has 0 bridgehead atoms. The molecular weight excluding hydrogens is 152 g/mol. The highest BCUT2D eigenvalue weighted by Gasteiger charge is 1.94. The van der Waals surface area contributed by atoms with Crippen molar-refractivity contribution in [1.29, 1.82) is 0 Å². The quantitative estimate of drug-likeness (QED) is 0.686. The van der Waals surface area contributed by atoms with Gasteiger partial charge in [0.25, 0.3) is 0 Å². The summed E-state index contributed by atoms with van der Waals surface area (Å²) in [6.45, 7) is 3.14. The molecule has 3 nitrogen and oxygen atoms in total. The van der Waals surface area contributed by atoms with E-state index < -0.39 is 0 Å². The van der Waals surface area contributed by atoms with Crippen LogP contribution in [0.2, 0.25) is 0 Å². The molecule has 0 amide bonds. The number of pyridine rings is 1. The van der Waals surface area contributed by atoms with E-state index in [1.54, 1.807) is 13.1 Å². The van der Waals surface area contributed by atoms with Crippen LogP contribution in [0.5, 0.6) is 0 Å². The molecule has 0 fully saturated rings. The standard InChI is InChI=1S/C9H14N2O/c1-8(12)5-11-7-9-3-2-4-10-6-9/h2-4,6,8,11-12H,5,7H2,1H3/t8-/m1/s1. The van der Waals surface area contributed by atoms with E-state index in [1.165, 1.54) is 0 Å². The lowest BCUT2D eigenvalue weighted by Crippen LogP contribution is -2.23. The number of aliphatic hydroxyl groups excluding tert-OH is 1. The van der Waals surface area contributed by atoms with Gasteiger partial charge in [0.15, 0.2) is 0 Å². The van der Waals surface area contributed by atoms with Crippen LogP contribution in [0.4, 0.5) is 0 Å². The van der Waals surface area contributed by atoms with Crippen molar-refractivity contribution in [1.82, 2.24) is 10.3 Å². The van der Waals surface area contributed by atoms with Gasteiger partial charge in [-0.1, -0.05) is 6.07 Å². The minimum absolute atomic E-state index is 0.290. The van der Waals surface area contributed by atoms with E-state index in [1.807, 2.05) is 18.3 Å². The van der Waals surface area contributed by atoms with Crippen LogP contribution >= 0.6 is 0 Å². The fourth-order valence-electron chi connectivity index (χ4n) is 0.928. The van der Waals surface area contributed by atoms with E-state index in [0.717, 1.165) is 12.1 Å². The van der Waals surface area contributed by atoms with E-state index in [2.05, 4.69) is 10.3 Å². The molecule has 0 unspecified atom stereocenters. The maximum atomic E-state index is 8.95. The summed E-state index contributed by atoms with van der Waals surface area (Å²) in [4.78, 5) is 3.98. The molecule has 1 rings (SSSR count). The van der Waals surface area contributed by atoms with Gasteiger partial charge in [0.1, 0.15) is 0 Å². The van der Waals surface area contributed by atoms with Gasteiger partial charge in [0, 0.05) is 25.5 Å². The molecule has 1 aromatic heterocycles. The average molecular weight is 166 g/mol. The van der Waals surface area contributed by atoms with Gasteiger partial charge in [-0.25, -0.2) is 0 Å². The fourth-order valence-corrected chi connectivity index (χ4v) is 0.928. The Morgan fingerprint density at radius 1 is 1.67 bits per heavy atom. The van der Waals surface area contributed by atoms with Crippen LogP contribution in [-0.4, -0.2) is 22.7 Å². The molecule has 0 saturated carbocycles. The molecule has 0 aliphatic rings. The zero-order chi connectivity index (χ0) is 8.81. The smallest absolute Gasteiger partial charge is 0.0636 e. The normalized spacial score (nSPS) is 12.8. The molecule has 0 aliphatic heterocycles. The second-order valence-corrected chi connectivity index (χ2v) is 2.84. The molecule has 0 saturated heterocycles. The molecule has 0 spiro atoms. The molecule has 0 aromatic carbocycles. The third-order valence-corrected chi connectivity index (χ3v) is 1.49. The van der Waals surface area contributed by atoms with E-state index in [-0.39, 0.29) is 6.10 Å². The molecule has 1 heterocycles. The Balaban J connectivity index is 2.25. The molecule has 3 heteroatoms. The molecule has 1 atom stereocenters. The highest BCUT2D eigenvalue weighted by molar-refractivity contribution is 5.07. The number of nitrogens with zero attached hydrogens (tertiary/aromatic N) is 1. The molecule has 0 radical (unpaired) electrons. The number of aromatic nitrogens is 1. The zero-order valence-corrected chi connectivity index (χ0v) is 7.20. The van der Waals surface area contributed by atoms with Crippen molar-refractivity contribution in [2.24, 2.45) is 0 Å². The number of hydrogen-bond donors (Lipinski definition) is 2. The van der Waals surface area contributed by atoms with Crippen molar-refractivity contribution in [3.8, 4) is 0 Å². The first-order valence-corrected chi connectivity index (χ1v) is 4.06. The second kappa shape index (κ2) is 4.85. The van der Waals surface area contributed by atoms with Crippen LogP contribution in [0.3, 0.4) is 0 Å². The van der Waals surface area contributed by atoms with Gasteiger partial charge in [0.05, 0.1) is 6.10 Å². The van der Waals surface area contributed by atoms with Crippen molar-refractivity contribution in [2.75, 3.05) is 6.54 Å². The van der Waals surface area contributed by atoms with Gasteiger partial charge in [-0.3, -0.25) is 4.98 Å². The van der Waals surface area contributed by atoms with Gasteiger partial charge in [-0.15, -0.1) is 0 Å². The number of aliphatic hydroxyl groups is 1. The summed E-state index contributed by atoms with van der Waals surface area (Å²) in [5.74, 6) is 0. The Hall–Kier alpha value is -0.930. The summed E-state index contributed by atoms with van der Waals surface area (Å²) < 4.78 is 0. The van der Waals surface area contributed by atoms with Crippen molar-refractivity contribution in [2.45, 2.75) is 19.6 Å². The second-order valence-electron chi connectivity index (χ2n) is 2.84. The molecule has 66 valence electrons. The van der Waals surface area contributed by atoms with Crippen LogP contribution in [-0.2, 0) is 6.54 Å². The maximum absolute atomic E-state index is 8.95. The maximum Gasteiger partial charge on any atom is 0.0636 e. The minimum Gasteiger partial charge on any atom is -0.392 e. The van der Waals surface area contributed by atoms with Gasteiger partial charge >= 0.3 is 0 Å². The van der Waals surface area contributed by atoms with Gasteiger partial charge < -0.3 is 10.4 Å². The van der Waals surface area contributed by atoms with E-state index in [0.29, 0.717) is 6.54 Å². The van der Waals surface area contributed by atoms with E-state index in [4.69, 9.17) is 5.11 Å².